The molecule has 0 saturated carbocycles. The fourth-order valence-corrected chi connectivity index (χ4v) is 6.21. The summed E-state index contributed by atoms with van der Waals surface area (Å²) in [5.74, 6) is 6.86. The molecule has 2 nitrogen and oxygen atoms in total. The van der Waals surface area contributed by atoms with Crippen LogP contribution in [0.25, 0.3) is 0 Å². The van der Waals surface area contributed by atoms with Crippen LogP contribution in [0.4, 0.5) is 0 Å². The second-order valence-electron chi connectivity index (χ2n) is 4.20. The summed E-state index contributed by atoms with van der Waals surface area (Å²) < 4.78 is 0.829. The fraction of sp³-hybridized carbons (Fsp3) is 0.636. The van der Waals surface area contributed by atoms with E-state index >= 15 is 0 Å². The average Bonchev–Trinajstić information content (AvgIpc) is 2.71. The number of hydrogen-bond acceptors (Lipinski definition) is 5. The van der Waals surface area contributed by atoms with Gasteiger partial charge in [0.15, 0.2) is 0 Å². The van der Waals surface area contributed by atoms with Gasteiger partial charge in [0.2, 0.25) is 0 Å². The van der Waals surface area contributed by atoms with Crippen molar-refractivity contribution in [2.75, 3.05) is 5.75 Å². The summed E-state index contributed by atoms with van der Waals surface area (Å²) in [6.07, 6.45) is 0. The molecular weight excluding hydrogens is 292 g/mol. The van der Waals surface area contributed by atoms with Crippen molar-refractivity contribution in [3.8, 4) is 0 Å². The summed E-state index contributed by atoms with van der Waals surface area (Å²) in [5.41, 5.74) is 2.95. The summed E-state index contributed by atoms with van der Waals surface area (Å²) in [5, 5.41) is 1.91. The Morgan fingerprint density at radius 1 is 1.41 bits per heavy atom. The lowest BCUT2D eigenvalue weighted by molar-refractivity contribution is 0.558. The van der Waals surface area contributed by atoms with Gasteiger partial charge in [0.25, 0.3) is 0 Å². The van der Waals surface area contributed by atoms with Crippen molar-refractivity contribution in [2.45, 2.75) is 35.6 Å². The second-order valence-corrected chi connectivity index (χ2v) is 8.98. The molecule has 1 saturated heterocycles. The van der Waals surface area contributed by atoms with Crippen molar-refractivity contribution in [2.24, 2.45) is 5.84 Å². The lowest BCUT2D eigenvalue weighted by Gasteiger charge is -2.35. The van der Waals surface area contributed by atoms with Crippen molar-refractivity contribution in [1.82, 2.24) is 5.43 Å². The number of hydrazine groups is 1. The van der Waals surface area contributed by atoms with E-state index in [1.165, 1.54) is 4.88 Å². The number of thiophene rings is 1. The molecule has 2 rings (SSSR count). The lowest BCUT2D eigenvalue weighted by atomic mass is 10.2. The SMILES string of the molecule is CC1SCC(C(NN)c2ccc(Cl)s2)SC1C. The predicted molar refractivity (Wildman–Crippen MR) is 82.2 cm³/mol. The van der Waals surface area contributed by atoms with E-state index in [9.17, 15) is 0 Å². The Labute approximate surface area is 120 Å². The molecule has 0 amide bonds. The van der Waals surface area contributed by atoms with E-state index in [1.807, 2.05) is 29.6 Å². The highest BCUT2D eigenvalue weighted by Gasteiger charge is 2.32. The van der Waals surface area contributed by atoms with Crippen LogP contribution in [-0.4, -0.2) is 21.5 Å². The van der Waals surface area contributed by atoms with Crippen molar-refractivity contribution < 1.29 is 0 Å². The Hall–Kier alpha value is 0.610. The smallest absolute Gasteiger partial charge is 0.0931 e. The number of thioether (sulfide) groups is 2. The first-order chi connectivity index (χ1) is 8.11. The summed E-state index contributed by atoms with van der Waals surface area (Å²) in [6, 6.07) is 4.23. The molecule has 4 atom stereocenters. The third-order valence-corrected chi connectivity index (χ3v) is 7.83. The minimum Gasteiger partial charge on any atom is -0.271 e. The van der Waals surface area contributed by atoms with E-state index < -0.39 is 0 Å². The van der Waals surface area contributed by atoms with Crippen molar-refractivity contribution in [1.29, 1.82) is 0 Å². The highest BCUT2D eigenvalue weighted by Crippen LogP contribution is 2.42. The molecule has 17 heavy (non-hydrogen) atoms. The van der Waals surface area contributed by atoms with Crippen LogP contribution >= 0.6 is 46.5 Å². The van der Waals surface area contributed by atoms with Crippen molar-refractivity contribution >= 4 is 46.5 Å². The molecule has 1 aliphatic heterocycles. The monoisotopic (exact) mass is 308 g/mol. The van der Waals surface area contributed by atoms with E-state index in [1.54, 1.807) is 11.3 Å². The van der Waals surface area contributed by atoms with Crippen LogP contribution in [-0.2, 0) is 0 Å². The maximum Gasteiger partial charge on any atom is 0.0931 e. The Morgan fingerprint density at radius 3 is 2.71 bits per heavy atom. The topological polar surface area (TPSA) is 38.0 Å². The molecule has 4 unspecified atom stereocenters. The van der Waals surface area contributed by atoms with Crippen molar-refractivity contribution in [3.63, 3.8) is 0 Å². The molecule has 0 spiro atoms. The molecule has 2 heterocycles. The van der Waals surface area contributed by atoms with Gasteiger partial charge in [0.05, 0.1) is 10.4 Å². The van der Waals surface area contributed by atoms with Crippen LogP contribution < -0.4 is 11.3 Å². The van der Waals surface area contributed by atoms with Gasteiger partial charge in [-0.15, -0.1) is 11.3 Å². The van der Waals surface area contributed by atoms with Crippen LogP contribution in [0.5, 0.6) is 0 Å². The molecule has 1 aromatic heterocycles. The molecule has 6 heteroatoms. The maximum absolute atomic E-state index is 5.99. The molecule has 0 aromatic carbocycles. The molecule has 1 fully saturated rings. The summed E-state index contributed by atoms with van der Waals surface area (Å²) in [4.78, 5) is 1.23. The van der Waals surface area contributed by atoms with Gasteiger partial charge < -0.3 is 0 Å². The number of halogens is 1. The van der Waals surface area contributed by atoms with E-state index in [4.69, 9.17) is 17.4 Å². The zero-order chi connectivity index (χ0) is 12.4. The van der Waals surface area contributed by atoms with Crippen LogP contribution in [0.15, 0.2) is 12.1 Å². The van der Waals surface area contributed by atoms with Gasteiger partial charge in [0, 0.05) is 26.4 Å². The van der Waals surface area contributed by atoms with Gasteiger partial charge in [-0.3, -0.25) is 11.3 Å². The van der Waals surface area contributed by atoms with Gasteiger partial charge in [-0.05, 0) is 12.1 Å². The van der Waals surface area contributed by atoms with E-state index in [0.29, 0.717) is 10.5 Å². The first kappa shape index (κ1) is 14.0. The van der Waals surface area contributed by atoms with Crippen molar-refractivity contribution in [3.05, 3.63) is 21.3 Å². The van der Waals surface area contributed by atoms with Gasteiger partial charge in [-0.2, -0.15) is 23.5 Å². The normalized spacial score (nSPS) is 31.4. The highest BCUT2D eigenvalue weighted by molar-refractivity contribution is 8.07. The first-order valence-corrected chi connectivity index (χ1v) is 8.79. The van der Waals surface area contributed by atoms with Gasteiger partial charge in [-0.25, -0.2) is 0 Å². The molecule has 3 N–H and O–H groups in total. The van der Waals surface area contributed by atoms with Gasteiger partial charge in [0.1, 0.15) is 0 Å². The summed E-state index contributed by atoms with van der Waals surface area (Å²) in [7, 11) is 0. The Bertz CT molecular complexity index is 371. The molecule has 0 radical (unpaired) electrons. The molecule has 96 valence electrons. The Balaban J connectivity index is 2.08. The van der Waals surface area contributed by atoms with Crippen LogP contribution in [0.2, 0.25) is 4.34 Å². The first-order valence-electron chi connectivity index (χ1n) is 5.60. The largest absolute Gasteiger partial charge is 0.271 e. The molecule has 1 aliphatic rings. The number of rotatable bonds is 3. The quantitative estimate of drug-likeness (QED) is 0.662. The molecule has 1 aromatic rings. The third-order valence-electron chi connectivity index (χ3n) is 3.03. The number of hydrogen-bond donors (Lipinski definition) is 2. The minimum atomic E-state index is 0.208. The molecule has 0 bridgehead atoms. The van der Waals surface area contributed by atoms with E-state index in [-0.39, 0.29) is 6.04 Å². The zero-order valence-electron chi connectivity index (χ0n) is 9.85. The summed E-state index contributed by atoms with van der Waals surface area (Å²) >= 11 is 11.7. The minimum absolute atomic E-state index is 0.208. The van der Waals surface area contributed by atoms with E-state index in [2.05, 4.69) is 25.3 Å². The summed E-state index contributed by atoms with van der Waals surface area (Å²) in [6.45, 7) is 4.59. The van der Waals surface area contributed by atoms with Gasteiger partial charge in [-0.1, -0.05) is 25.4 Å². The third kappa shape index (κ3) is 3.33. The Kier molecular flexibility index (Phi) is 5.09. The zero-order valence-corrected chi connectivity index (χ0v) is 13.1. The fourth-order valence-electron chi connectivity index (χ4n) is 1.85. The predicted octanol–water partition coefficient (Wildman–Crippen LogP) is 3.53. The standard InChI is InChI=1S/C11H17ClN2S3/c1-6-7(2)16-9(5-15-6)11(14-13)8-3-4-10(12)17-8/h3-4,6-7,9,11,14H,5,13H2,1-2H3. The molecule has 0 aliphatic carbocycles. The lowest BCUT2D eigenvalue weighted by Crippen LogP contribution is -2.39. The number of nitrogens with two attached hydrogens (primary N) is 1. The van der Waals surface area contributed by atoms with Crippen LogP contribution in [0.1, 0.15) is 24.8 Å². The maximum atomic E-state index is 5.99. The average molecular weight is 309 g/mol. The Morgan fingerprint density at radius 2 is 2.18 bits per heavy atom. The van der Waals surface area contributed by atoms with Gasteiger partial charge >= 0.3 is 0 Å². The van der Waals surface area contributed by atoms with Crippen LogP contribution in [0.3, 0.4) is 0 Å². The highest BCUT2D eigenvalue weighted by atomic mass is 35.5. The van der Waals surface area contributed by atoms with E-state index in [0.717, 1.165) is 15.3 Å². The van der Waals surface area contributed by atoms with Crippen LogP contribution in [0, 0.1) is 0 Å². The second kappa shape index (κ2) is 6.17. The number of nitrogens with one attached hydrogen (secondary N) is 1. The molecular formula is C11H17ClN2S3.